The van der Waals surface area contributed by atoms with Gasteiger partial charge in [0.25, 0.3) is 5.91 Å². The van der Waals surface area contributed by atoms with E-state index < -0.39 is 17.5 Å². The molecule has 0 bridgehead atoms. The average molecular weight is 389 g/mol. The lowest BCUT2D eigenvalue weighted by Crippen LogP contribution is -2.46. The Labute approximate surface area is 159 Å². The second-order valence-electron chi connectivity index (χ2n) is 6.80. The fraction of sp³-hybridized carbons (Fsp3) is 0.353. The smallest absolute Gasteiger partial charge is 0.323 e. The molecule has 1 saturated carbocycles. The summed E-state index contributed by atoms with van der Waals surface area (Å²) < 4.78 is 1.43. The molecule has 1 atom stereocenters. The Kier molecular flexibility index (Phi) is 4.11. The van der Waals surface area contributed by atoms with Gasteiger partial charge in [-0.1, -0.05) is 11.6 Å². The van der Waals surface area contributed by atoms with E-state index in [4.69, 9.17) is 11.6 Å². The van der Waals surface area contributed by atoms with Crippen molar-refractivity contribution in [1.29, 1.82) is 0 Å². The number of imide groups is 1. The number of hydrogen-bond acceptors (Lipinski definition) is 5. The molecule has 1 aliphatic heterocycles. The summed E-state index contributed by atoms with van der Waals surface area (Å²) in [6.07, 6.45) is 4.98. The van der Waals surface area contributed by atoms with Crippen LogP contribution in [0.1, 0.15) is 19.8 Å². The fourth-order valence-electron chi connectivity index (χ4n) is 3.18. The number of anilines is 1. The first-order valence-corrected chi connectivity index (χ1v) is 8.87. The molecule has 27 heavy (non-hydrogen) atoms. The largest absolute Gasteiger partial charge is 0.325 e. The lowest BCUT2D eigenvalue weighted by atomic mass is 9.96. The minimum atomic E-state index is -0.908. The van der Waals surface area contributed by atoms with Crippen LogP contribution in [0.2, 0.25) is 5.02 Å². The van der Waals surface area contributed by atoms with E-state index >= 15 is 0 Å². The first-order valence-electron chi connectivity index (χ1n) is 8.49. The van der Waals surface area contributed by atoms with Crippen LogP contribution in [0.5, 0.6) is 0 Å². The summed E-state index contributed by atoms with van der Waals surface area (Å²) in [5.74, 6) is -0.0552. The highest BCUT2D eigenvalue weighted by Crippen LogP contribution is 2.42. The standard InChI is InChI=1S/C17H17ClN6O3/c1-17(10-4-5-10)15(26)23(16(27)21-17)9-13(25)20-12-6-8-24(22-12)14-11(18)3-2-7-19-14/h2-3,6-8,10H,4-5,9H2,1H3,(H,21,27)(H,20,22,25). The molecule has 4 rings (SSSR count). The quantitative estimate of drug-likeness (QED) is 0.756. The third-order valence-corrected chi connectivity index (χ3v) is 5.10. The molecule has 0 spiro atoms. The number of carbonyl (C=O) groups excluding carboxylic acids is 3. The number of nitrogens with zero attached hydrogens (tertiary/aromatic N) is 4. The van der Waals surface area contributed by atoms with Crippen molar-refractivity contribution in [2.24, 2.45) is 5.92 Å². The number of rotatable bonds is 5. The zero-order valence-corrected chi connectivity index (χ0v) is 15.2. The number of halogens is 1. The number of carbonyl (C=O) groups is 3. The zero-order valence-electron chi connectivity index (χ0n) is 14.5. The van der Waals surface area contributed by atoms with Crippen molar-refractivity contribution in [3.63, 3.8) is 0 Å². The molecule has 2 aromatic rings. The Hall–Kier alpha value is -2.94. The molecule has 10 heteroatoms. The van der Waals surface area contributed by atoms with Gasteiger partial charge in [-0.15, -0.1) is 5.10 Å². The van der Waals surface area contributed by atoms with Gasteiger partial charge in [-0.25, -0.2) is 14.5 Å². The molecule has 1 saturated heterocycles. The summed E-state index contributed by atoms with van der Waals surface area (Å²) in [6.45, 7) is 1.34. The molecule has 1 aliphatic carbocycles. The van der Waals surface area contributed by atoms with Gasteiger partial charge in [-0.2, -0.15) is 0 Å². The lowest BCUT2D eigenvalue weighted by molar-refractivity contribution is -0.134. The predicted molar refractivity (Wildman–Crippen MR) is 96.4 cm³/mol. The van der Waals surface area contributed by atoms with Gasteiger partial charge in [0.15, 0.2) is 11.6 Å². The first-order chi connectivity index (χ1) is 12.9. The van der Waals surface area contributed by atoms with Gasteiger partial charge in [0.2, 0.25) is 5.91 Å². The molecular weight excluding hydrogens is 372 g/mol. The molecule has 2 aromatic heterocycles. The molecule has 0 aromatic carbocycles. The number of aromatic nitrogens is 3. The SMILES string of the molecule is CC1(C2CC2)NC(=O)N(CC(=O)Nc2ccn(-c3ncccc3Cl)n2)C1=O. The van der Waals surface area contributed by atoms with Gasteiger partial charge in [-0.05, 0) is 37.8 Å². The van der Waals surface area contributed by atoms with Crippen LogP contribution in [0.25, 0.3) is 5.82 Å². The molecule has 0 radical (unpaired) electrons. The van der Waals surface area contributed by atoms with Crippen molar-refractivity contribution < 1.29 is 14.4 Å². The Bertz CT molecular complexity index is 940. The van der Waals surface area contributed by atoms with E-state index in [0.717, 1.165) is 17.7 Å². The van der Waals surface area contributed by atoms with Gasteiger partial charge in [-0.3, -0.25) is 14.5 Å². The van der Waals surface area contributed by atoms with Gasteiger partial charge in [0.05, 0.1) is 5.02 Å². The zero-order chi connectivity index (χ0) is 19.2. The normalized spacial score (nSPS) is 22.1. The number of nitrogens with one attached hydrogen (secondary N) is 2. The average Bonchev–Trinajstić information content (AvgIpc) is 3.36. The van der Waals surface area contributed by atoms with Crippen LogP contribution in [0, 0.1) is 5.92 Å². The van der Waals surface area contributed by atoms with Crippen LogP contribution < -0.4 is 10.6 Å². The highest BCUT2D eigenvalue weighted by atomic mass is 35.5. The van der Waals surface area contributed by atoms with Crippen molar-refractivity contribution in [3.05, 3.63) is 35.6 Å². The van der Waals surface area contributed by atoms with Crippen LogP contribution in [0.3, 0.4) is 0 Å². The minimum absolute atomic E-state index is 0.140. The second-order valence-corrected chi connectivity index (χ2v) is 7.21. The van der Waals surface area contributed by atoms with Crippen LogP contribution in [-0.2, 0) is 9.59 Å². The monoisotopic (exact) mass is 388 g/mol. The maximum absolute atomic E-state index is 12.6. The molecule has 3 heterocycles. The summed E-state index contributed by atoms with van der Waals surface area (Å²) in [5, 5.41) is 9.89. The van der Waals surface area contributed by atoms with Gasteiger partial charge in [0.1, 0.15) is 12.1 Å². The Morgan fingerprint density at radius 2 is 2.19 bits per heavy atom. The third kappa shape index (κ3) is 3.14. The Morgan fingerprint density at radius 3 is 2.89 bits per heavy atom. The van der Waals surface area contributed by atoms with Gasteiger partial charge >= 0.3 is 6.03 Å². The highest BCUT2D eigenvalue weighted by Gasteiger charge is 2.56. The number of amides is 4. The maximum Gasteiger partial charge on any atom is 0.325 e. The Balaban J connectivity index is 1.42. The molecular formula is C17H17ClN6O3. The van der Waals surface area contributed by atoms with Gasteiger partial charge in [0, 0.05) is 18.5 Å². The van der Waals surface area contributed by atoms with Crippen LogP contribution in [0.4, 0.5) is 10.6 Å². The summed E-state index contributed by atoms with van der Waals surface area (Å²) in [5.41, 5.74) is -0.908. The topological polar surface area (TPSA) is 109 Å². The third-order valence-electron chi connectivity index (χ3n) is 4.81. The van der Waals surface area contributed by atoms with Crippen molar-refractivity contribution >= 4 is 35.3 Å². The molecule has 2 aliphatic rings. The van der Waals surface area contributed by atoms with Crippen molar-refractivity contribution in [1.82, 2.24) is 25.0 Å². The second kappa shape index (κ2) is 6.34. The van der Waals surface area contributed by atoms with Crippen molar-refractivity contribution in [2.75, 3.05) is 11.9 Å². The highest BCUT2D eigenvalue weighted by molar-refractivity contribution is 6.32. The van der Waals surface area contributed by atoms with E-state index in [1.807, 2.05) is 0 Å². The fourth-order valence-corrected chi connectivity index (χ4v) is 3.39. The summed E-state index contributed by atoms with van der Waals surface area (Å²) >= 11 is 6.08. The van der Waals surface area contributed by atoms with Crippen LogP contribution in [-0.4, -0.2) is 49.6 Å². The van der Waals surface area contributed by atoms with E-state index in [2.05, 4.69) is 20.7 Å². The maximum atomic E-state index is 12.6. The van der Waals surface area contributed by atoms with Crippen LogP contribution in [0.15, 0.2) is 30.6 Å². The molecule has 140 valence electrons. The predicted octanol–water partition coefficient (Wildman–Crippen LogP) is 1.58. The molecule has 4 amide bonds. The van der Waals surface area contributed by atoms with Crippen molar-refractivity contribution in [2.45, 2.75) is 25.3 Å². The van der Waals surface area contributed by atoms with Crippen LogP contribution >= 0.6 is 11.6 Å². The molecule has 2 fully saturated rings. The van der Waals surface area contributed by atoms with E-state index in [1.54, 1.807) is 37.5 Å². The lowest BCUT2D eigenvalue weighted by Gasteiger charge is -2.20. The molecule has 1 unspecified atom stereocenters. The van der Waals surface area contributed by atoms with Crippen molar-refractivity contribution in [3.8, 4) is 5.82 Å². The summed E-state index contributed by atoms with van der Waals surface area (Å²) in [7, 11) is 0. The molecule has 9 nitrogen and oxygen atoms in total. The van der Waals surface area contributed by atoms with E-state index in [0.29, 0.717) is 10.8 Å². The van der Waals surface area contributed by atoms with E-state index in [-0.39, 0.29) is 24.2 Å². The number of urea groups is 1. The first kappa shape index (κ1) is 17.5. The number of pyridine rings is 1. The molecule has 2 N–H and O–H groups in total. The van der Waals surface area contributed by atoms with E-state index in [9.17, 15) is 14.4 Å². The minimum Gasteiger partial charge on any atom is -0.323 e. The van der Waals surface area contributed by atoms with Gasteiger partial charge < -0.3 is 10.6 Å². The number of hydrogen-bond donors (Lipinski definition) is 2. The van der Waals surface area contributed by atoms with E-state index in [1.165, 1.54) is 4.68 Å². The summed E-state index contributed by atoms with van der Waals surface area (Å²) in [6, 6.07) is 4.41. The Morgan fingerprint density at radius 1 is 1.41 bits per heavy atom. The summed E-state index contributed by atoms with van der Waals surface area (Å²) in [4.78, 5) is 42.0.